The lowest BCUT2D eigenvalue weighted by molar-refractivity contribution is -0.118. The number of fused-ring (bicyclic) bond motifs is 2. The molecule has 0 aliphatic carbocycles. The maximum atomic E-state index is 13.5. The van der Waals surface area contributed by atoms with Gasteiger partial charge in [0.25, 0.3) is 5.56 Å². The van der Waals surface area contributed by atoms with E-state index in [9.17, 15) is 9.59 Å². The van der Waals surface area contributed by atoms with Crippen molar-refractivity contribution in [2.24, 2.45) is 0 Å². The largest absolute Gasteiger partial charge is 0.494 e. The number of nitrogens with one attached hydrogen (secondary N) is 1. The number of aromatic nitrogens is 3. The fourth-order valence-corrected chi connectivity index (χ4v) is 4.92. The van der Waals surface area contributed by atoms with Crippen LogP contribution in [0.5, 0.6) is 5.75 Å². The van der Waals surface area contributed by atoms with Crippen LogP contribution in [0.25, 0.3) is 21.1 Å². The zero-order valence-corrected chi connectivity index (χ0v) is 20.0. The second kappa shape index (κ2) is 10.1. The summed E-state index contributed by atoms with van der Waals surface area (Å²) >= 11 is 1.46. The third kappa shape index (κ3) is 5.07. The molecule has 0 spiro atoms. The molecule has 0 unspecified atom stereocenters. The van der Waals surface area contributed by atoms with Crippen LogP contribution in [0, 0.1) is 0 Å². The molecule has 0 aliphatic heterocycles. The summed E-state index contributed by atoms with van der Waals surface area (Å²) in [5.41, 5.74) is 2.25. The van der Waals surface area contributed by atoms with Crippen LogP contribution < -0.4 is 15.2 Å². The first kappa shape index (κ1) is 22.7. The van der Waals surface area contributed by atoms with E-state index in [1.54, 1.807) is 23.1 Å². The Labute approximate surface area is 206 Å². The Kier molecular flexibility index (Phi) is 6.54. The number of carbonyl (C=O) groups is 1. The minimum absolute atomic E-state index is 0.0891. The Hall–Kier alpha value is -4.04. The fourth-order valence-electron chi connectivity index (χ4n) is 3.91. The van der Waals surface area contributed by atoms with E-state index in [1.807, 2.05) is 61.5 Å². The predicted molar refractivity (Wildman–Crippen MR) is 139 cm³/mol. The fraction of sp³-hybridized carbons (Fsp3) is 0.185. The van der Waals surface area contributed by atoms with Gasteiger partial charge in [-0.2, -0.15) is 0 Å². The van der Waals surface area contributed by atoms with Gasteiger partial charge in [-0.15, -0.1) is 0 Å². The average molecular weight is 485 g/mol. The number of thiazole rings is 1. The van der Waals surface area contributed by atoms with Crippen molar-refractivity contribution in [3.05, 3.63) is 94.5 Å². The molecule has 176 valence electrons. The zero-order valence-electron chi connectivity index (χ0n) is 19.2. The van der Waals surface area contributed by atoms with Gasteiger partial charge in [0.05, 0.1) is 34.3 Å². The van der Waals surface area contributed by atoms with Gasteiger partial charge in [-0.25, -0.2) is 9.97 Å². The molecule has 35 heavy (non-hydrogen) atoms. The number of aryl methyl sites for hydroxylation is 1. The Bertz CT molecular complexity index is 1540. The van der Waals surface area contributed by atoms with Crippen molar-refractivity contribution >= 4 is 43.5 Å². The van der Waals surface area contributed by atoms with Crippen molar-refractivity contribution < 1.29 is 9.53 Å². The summed E-state index contributed by atoms with van der Waals surface area (Å²) in [6.45, 7) is 2.93. The molecule has 0 atom stereocenters. The molecule has 0 aliphatic rings. The number of benzene rings is 3. The lowest BCUT2D eigenvalue weighted by Gasteiger charge is -2.20. The summed E-state index contributed by atoms with van der Waals surface area (Å²) in [6, 6.07) is 22.8. The van der Waals surface area contributed by atoms with Gasteiger partial charge >= 0.3 is 0 Å². The Balaban J connectivity index is 1.42. The van der Waals surface area contributed by atoms with Crippen LogP contribution in [0.1, 0.15) is 24.7 Å². The van der Waals surface area contributed by atoms with Crippen LogP contribution >= 0.6 is 11.3 Å². The smallest absolute Gasteiger partial charge is 0.258 e. The Morgan fingerprint density at radius 2 is 1.80 bits per heavy atom. The average Bonchev–Trinajstić information content (AvgIpc) is 3.30. The number of ether oxygens (including phenoxy) is 1. The number of para-hydroxylation sites is 1. The highest BCUT2D eigenvalue weighted by Crippen LogP contribution is 2.32. The third-order valence-corrected chi connectivity index (χ3v) is 6.65. The monoisotopic (exact) mass is 484 g/mol. The Morgan fingerprint density at radius 3 is 2.63 bits per heavy atom. The number of amides is 1. The third-order valence-electron chi connectivity index (χ3n) is 5.61. The molecule has 0 saturated heterocycles. The minimum Gasteiger partial charge on any atom is -0.494 e. The first-order chi connectivity index (χ1) is 17.1. The number of aromatic amines is 1. The van der Waals surface area contributed by atoms with E-state index in [0.717, 1.165) is 21.5 Å². The predicted octanol–water partition coefficient (Wildman–Crippen LogP) is 5.10. The van der Waals surface area contributed by atoms with Crippen molar-refractivity contribution in [2.75, 3.05) is 11.5 Å². The zero-order chi connectivity index (χ0) is 24.2. The molecule has 2 aromatic heterocycles. The van der Waals surface area contributed by atoms with E-state index >= 15 is 0 Å². The molecule has 5 rings (SSSR count). The molecular weight excluding hydrogens is 460 g/mol. The topological polar surface area (TPSA) is 88.2 Å². The molecular formula is C27H24N4O3S. The lowest BCUT2D eigenvalue weighted by atomic mass is 10.2. The number of H-pyrrole nitrogens is 1. The summed E-state index contributed by atoms with van der Waals surface area (Å²) < 4.78 is 6.57. The van der Waals surface area contributed by atoms with Crippen molar-refractivity contribution in [1.82, 2.24) is 15.0 Å². The standard InChI is InChI=1S/C27H24N4O3S/c1-2-34-19-12-13-22-23(16-19)35-27(29-22)31(17-18-8-4-3-5-9-18)25(32)15-14-24-28-21-11-7-6-10-20(21)26(33)30-24/h3-13,16H,2,14-15,17H2,1H3,(H,28,30,33). The van der Waals surface area contributed by atoms with Gasteiger partial charge in [-0.05, 0) is 42.8 Å². The van der Waals surface area contributed by atoms with Gasteiger partial charge in [-0.1, -0.05) is 53.8 Å². The number of rotatable bonds is 8. The summed E-state index contributed by atoms with van der Waals surface area (Å²) in [5.74, 6) is 1.18. The minimum atomic E-state index is -0.199. The van der Waals surface area contributed by atoms with E-state index in [-0.39, 0.29) is 17.9 Å². The maximum absolute atomic E-state index is 13.5. The highest BCUT2D eigenvalue weighted by atomic mass is 32.1. The number of nitrogens with zero attached hydrogens (tertiary/aromatic N) is 3. The molecule has 0 fully saturated rings. The van der Waals surface area contributed by atoms with Gasteiger partial charge in [0.2, 0.25) is 5.91 Å². The lowest BCUT2D eigenvalue weighted by Crippen LogP contribution is -2.30. The first-order valence-electron chi connectivity index (χ1n) is 11.5. The molecule has 7 nitrogen and oxygen atoms in total. The molecule has 0 saturated carbocycles. The summed E-state index contributed by atoms with van der Waals surface area (Å²) in [4.78, 5) is 39.7. The van der Waals surface area contributed by atoms with E-state index in [0.29, 0.717) is 41.4 Å². The highest BCUT2D eigenvalue weighted by molar-refractivity contribution is 7.22. The maximum Gasteiger partial charge on any atom is 0.258 e. The highest BCUT2D eigenvalue weighted by Gasteiger charge is 2.21. The summed E-state index contributed by atoms with van der Waals surface area (Å²) in [7, 11) is 0. The molecule has 3 aromatic carbocycles. The molecule has 2 heterocycles. The number of carbonyl (C=O) groups excluding carboxylic acids is 1. The van der Waals surface area contributed by atoms with Crippen LogP contribution in [0.15, 0.2) is 77.6 Å². The van der Waals surface area contributed by atoms with Gasteiger partial charge in [0.1, 0.15) is 11.6 Å². The molecule has 0 bridgehead atoms. The normalized spacial score (nSPS) is 11.1. The molecule has 0 radical (unpaired) electrons. The van der Waals surface area contributed by atoms with E-state index in [4.69, 9.17) is 9.72 Å². The van der Waals surface area contributed by atoms with Gasteiger partial charge in [0.15, 0.2) is 5.13 Å². The van der Waals surface area contributed by atoms with Crippen LogP contribution in [0.4, 0.5) is 5.13 Å². The van der Waals surface area contributed by atoms with Crippen LogP contribution in [0.3, 0.4) is 0 Å². The summed E-state index contributed by atoms with van der Waals surface area (Å²) in [5, 5.41) is 1.16. The van der Waals surface area contributed by atoms with Crippen molar-refractivity contribution in [3.8, 4) is 5.75 Å². The molecule has 8 heteroatoms. The number of hydrogen-bond acceptors (Lipinski definition) is 6. The van der Waals surface area contributed by atoms with Crippen molar-refractivity contribution in [2.45, 2.75) is 26.3 Å². The molecule has 1 N–H and O–H groups in total. The summed E-state index contributed by atoms with van der Waals surface area (Å²) in [6.07, 6.45) is 0.512. The van der Waals surface area contributed by atoms with Crippen molar-refractivity contribution in [3.63, 3.8) is 0 Å². The van der Waals surface area contributed by atoms with E-state index < -0.39 is 0 Å². The second-order valence-corrected chi connectivity index (χ2v) is 9.06. The van der Waals surface area contributed by atoms with E-state index in [2.05, 4.69) is 9.97 Å². The van der Waals surface area contributed by atoms with Gasteiger partial charge < -0.3 is 9.72 Å². The van der Waals surface area contributed by atoms with Crippen LogP contribution in [0.2, 0.25) is 0 Å². The quantitative estimate of drug-likeness (QED) is 0.331. The van der Waals surface area contributed by atoms with Crippen LogP contribution in [-0.2, 0) is 17.8 Å². The van der Waals surface area contributed by atoms with Gasteiger partial charge in [0, 0.05) is 12.8 Å². The SMILES string of the molecule is CCOc1ccc2nc(N(Cc3ccccc3)C(=O)CCc3nc4ccccc4c(=O)[nH]3)sc2c1. The van der Waals surface area contributed by atoms with Gasteiger partial charge in [-0.3, -0.25) is 14.5 Å². The van der Waals surface area contributed by atoms with Crippen LogP contribution in [-0.4, -0.2) is 27.5 Å². The Morgan fingerprint density at radius 1 is 1.00 bits per heavy atom. The van der Waals surface area contributed by atoms with E-state index in [1.165, 1.54) is 11.3 Å². The number of anilines is 1. The molecule has 1 amide bonds. The first-order valence-corrected chi connectivity index (χ1v) is 12.3. The van der Waals surface area contributed by atoms with Crippen molar-refractivity contribution in [1.29, 1.82) is 0 Å². The number of hydrogen-bond donors (Lipinski definition) is 1. The molecule has 5 aromatic rings. The second-order valence-electron chi connectivity index (χ2n) is 8.05.